The number of rotatable bonds is 2. The Morgan fingerprint density at radius 2 is 2.00 bits per heavy atom. The lowest BCUT2D eigenvalue weighted by Gasteiger charge is -2.10. The maximum atomic E-state index is 12.7. The fraction of sp³-hybridized carbons (Fsp3) is 0.143. The third-order valence-corrected chi connectivity index (χ3v) is 2.98. The molecule has 0 radical (unpaired) electrons. The molecular weight excluding hydrogens is 289 g/mol. The topological polar surface area (TPSA) is 36.7 Å². The molecule has 0 aliphatic carbocycles. The standard InChI is InChI=1S/C14H8ClF3N2/c15-13-12(6-9(4-5-19)8-20-13)10-2-1-3-11(7-10)14(16,17)18/h1-3,6-8H,4H2. The molecule has 0 bridgehead atoms. The molecule has 2 aromatic rings. The van der Waals surface area contributed by atoms with Crippen LogP contribution in [0.4, 0.5) is 13.2 Å². The summed E-state index contributed by atoms with van der Waals surface area (Å²) in [7, 11) is 0. The minimum absolute atomic E-state index is 0.103. The largest absolute Gasteiger partial charge is 0.416 e. The molecule has 102 valence electrons. The van der Waals surface area contributed by atoms with Gasteiger partial charge in [0.25, 0.3) is 0 Å². The molecule has 0 amide bonds. The van der Waals surface area contributed by atoms with Crippen LogP contribution >= 0.6 is 11.6 Å². The molecule has 0 fully saturated rings. The Bertz CT molecular complexity index is 675. The van der Waals surface area contributed by atoms with Crippen LogP contribution in [-0.4, -0.2) is 4.98 Å². The maximum Gasteiger partial charge on any atom is 0.416 e. The molecule has 20 heavy (non-hydrogen) atoms. The van der Waals surface area contributed by atoms with E-state index in [1.54, 1.807) is 6.07 Å². The predicted octanol–water partition coefficient (Wildman–Crippen LogP) is 4.49. The van der Waals surface area contributed by atoms with Gasteiger partial charge in [0.15, 0.2) is 0 Å². The predicted molar refractivity (Wildman–Crippen MR) is 69.0 cm³/mol. The van der Waals surface area contributed by atoms with Gasteiger partial charge in [0.05, 0.1) is 18.1 Å². The van der Waals surface area contributed by atoms with E-state index in [1.165, 1.54) is 18.3 Å². The van der Waals surface area contributed by atoms with Gasteiger partial charge in [-0.05, 0) is 29.3 Å². The first-order valence-corrected chi connectivity index (χ1v) is 5.98. The van der Waals surface area contributed by atoms with E-state index < -0.39 is 11.7 Å². The molecule has 6 heteroatoms. The van der Waals surface area contributed by atoms with Crippen LogP contribution < -0.4 is 0 Å². The van der Waals surface area contributed by atoms with Crippen LogP contribution in [0.5, 0.6) is 0 Å². The monoisotopic (exact) mass is 296 g/mol. The smallest absolute Gasteiger partial charge is 0.244 e. The zero-order valence-electron chi connectivity index (χ0n) is 10.1. The van der Waals surface area contributed by atoms with E-state index in [2.05, 4.69) is 4.98 Å². The first kappa shape index (κ1) is 14.4. The third-order valence-electron chi connectivity index (χ3n) is 2.68. The van der Waals surface area contributed by atoms with Crippen molar-refractivity contribution in [1.82, 2.24) is 4.98 Å². The van der Waals surface area contributed by atoms with Crippen molar-refractivity contribution >= 4 is 11.6 Å². The van der Waals surface area contributed by atoms with Gasteiger partial charge in [-0.2, -0.15) is 18.4 Å². The molecule has 1 aromatic heterocycles. The Labute approximate surface area is 118 Å². The first-order chi connectivity index (χ1) is 9.41. The summed E-state index contributed by atoms with van der Waals surface area (Å²) in [5, 5.41) is 8.74. The summed E-state index contributed by atoms with van der Waals surface area (Å²) < 4.78 is 38.1. The van der Waals surface area contributed by atoms with Crippen LogP contribution in [0.15, 0.2) is 36.5 Å². The average Bonchev–Trinajstić information content (AvgIpc) is 2.40. The van der Waals surface area contributed by atoms with Gasteiger partial charge >= 0.3 is 6.18 Å². The summed E-state index contributed by atoms with van der Waals surface area (Å²) in [5.41, 5.74) is 0.545. The van der Waals surface area contributed by atoms with Gasteiger partial charge < -0.3 is 0 Å². The van der Waals surface area contributed by atoms with Gasteiger partial charge in [-0.25, -0.2) is 4.98 Å². The number of aromatic nitrogens is 1. The Balaban J connectivity index is 2.51. The van der Waals surface area contributed by atoms with Gasteiger partial charge in [0.2, 0.25) is 0 Å². The summed E-state index contributed by atoms with van der Waals surface area (Å²) in [6.45, 7) is 0. The van der Waals surface area contributed by atoms with Crippen molar-refractivity contribution in [1.29, 1.82) is 5.26 Å². The zero-order chi connectivity index (χ0) is 14.8. The fourth-order valence-electron chi connectivity index (χ4n) is 1.74. The van der Waals surface area contributed by atoms with E-state index in [0.29, 0.717) is 16.7 Å². The number of nitriles is 1. The molecular formula is C14H8ClF3N2. The van der Waals surface area contributed by atoms with Gasteiger partial charge in [-0.1, -0.05) is 23.7 Å². The summed E-state index contributed by atoms with van der Waals surface area (Å²) >= 11 is 5.92. The normalized spacial score (nSPS) is 11.2. The van der Waals surface area contributed by atoms with Crippen molar-refractivity contribution in [3.05, 3.63) is 52.8 Å². The van der Waals surface area contributed by atoms with Crippen LogP contribution in [0.25, 0.3) is 11.1 Å². The second-order valence-electron chi connectivity index (χ2n) is 4.10. The van der Waals surface area contributed by atoms with Crippen molar-refractivity contribution in [2.24, 2.45) is 0 Å². The van der Waals surface area contributed by atoms with Crippen LogP contribution in [0, 0.1) is 11.3 Å². The lowest BCUT2D eigenvalue weighted by atomic mass is 10.0. The van der Waals surface area contributed by atoms with Crippen molar-refractivity contribution in [3.8, 4) is 17.2 Å². The minimum Gasteiger partial charge on any atom is -0.244 e. The minimum atomic E-state index is -4.42. The molecule has 0 atom stereocenters. The van der Waals surface area contributed by atoms with E-state index in [-0.39, 0.29) is 11.6 Å². The third kappa shape index (κ3) is 3.09. The number of alkyl halides is 3. The van der Waals surface area contributed by atoms with Crippen molar-refractivity contribution in [2.75, 3.05) is 0 Å². The van der Waals surface area contributed by atoms with E-state index in [0.717, 1.165) is 12.1 Å². The van der Waals surface area contributed by atoms with Crippen LogP contribution in [0.3, 0.4) is 0 Å². The van der Waals surface area contributed by atoms with Gasteiger partial charge in [0.1, 0.15) is 5.15 Å². The molecule has 2 nitrogen and oxygen atoms in total. The quantitative estimate of drug-likeness (QED) is 0.766. The highest BCUT2D eigenvalue weighted by atomic mass is 35.5. The Morgan fingerprint density at radius 1 is 1.25 bits per heavy atom. The lowest BCUT2D eigenvalue weighted by molar-refractivity contribution is -0.137. The van der Waals surface area contributed by atoms with E-state index in [1.807, 2.05) is 6.07 Å². The fourth-order valence-corrected chi connectivity index (χ4v) is 1.96. The molecule has 0 saturated heterocycles. The zero-order valence-corrected chi connectivity index (χ0v) is 10.8. The highest BCUT2D eigenvalue weighted by Crippen LogP contribution is 2.34. The molecule has 0 unspecified atom stereocenters. The number of hydrogen-bond donors (Lipinski definition) is 0. The molecule has 0 N–H and O–H groups in total. The first-order valence-electron chi connectivity index (χ1n) is 5.61. The maximum absolute atomic E-state index is 12.7. The molecule has 0 spiro atoms. The number of benzene rings is 1. The summed E-state index contributed by atoms with van der Waals surface area (Å²) in [4.78, 5) is 3.90. The van der Waals surface area contributed by atoms with E-state index in [9.17, 15) is 13.2 Å². The summed E-state index contributed by atoms with van der Waals surface area (Å²) in [6, 6.07) is 8.37. The van der Waals surface area contributed by atoms with Crippen LogP contribution in [-0.2, 0) is 12.6 Å². The summed E-state index contributed by atoms with van der Waals surface area (Å²) in [5.74, 6) is 0. The highest BCUT2D eigenvalue weighted by Gasteiger charge is 2.30. The number of pyridine rings is 1. The van der Waals surface area contributed by atoms with Crippen LogP contribution in [0.1, 0.15) is 11.1 Å². The number of halogens is 4. The van der Waals surface area contributed by atoms with Gasteiger partial charge in [0, 0.05) is 11.8 Å². The van der Waals surface area contributed by atoms with Gasteiger partial charge in [-0.15, -0.1) is 0 Å². The SMILES string of the molecule is N#CCc1cnc(Cl)c(-c2cccc(C(F)(F)F)c2)c1. The van der Waals surface area contributed by atoms with Crippen molar-refractivity contribution in [3.63, 3.8) is 0 Å². The summed E-state index contributed by atoms with van der Waals surface area (Å²) in [6.07, 6.45) is -2.86. The average molecular weight is 297 g/mol. The molecule has 0 aliphatic heterocycles. The second-order valence-corrected chi connectivity index (χ2v) is 4.45. The lowest BCUT2D eigenvalue weighted by Crippen LogP contribution is -2.04. The molecule has 0 aliphatic rings. The molecule has 1 aromatic carbocycles. The second kappa shape index (κ2) is 5.51. The molecule has 2 rings (SSSR count). The molecule has 1 heterocycles. The molecule has 0 saturated carbocycles. The Morgan fingerprint density at radius 3 is 2.65 bits per heavy atom. The Hall–Kier alpha value is -2.06. The van der Waals surface area contributed by atoms with E-state index >= 15 is 0 Å². The number of nitrogens with zero attached hydrogens (tertiary/aromatic N) is 2. The highest BCUT2D eigenvalue weighted by molar-refractivity contribution is 6.32. The van der Waals surface area contributed by atoms with Crippen molar-refractivity contribution in [2.45, 2.75) is 12.6 Å². The van der Waals surface area contributed by atoms with E-state index in [4.69, 9.17) is 16.9 Å². The Kier molecular flexibility index (Phi) is 3.96. The number of hydrogen-bond acceptors (Lipinski definition) is 2. The van der Waals surface area contributed by atoms with Crippen molar-refractivity contribution < 1.29 is 13.2 Å². The van der Waals surface area contributed by atoms with Gasteiger partial charge in [-0.3, -0.25) is 0 Å². The van der Waals surface area contributed by atoms with Crippen LogP contribution in [0.2, 0.25) is 5.15 Å².